The van der Waals surface area contributed by atoms with Crippen molar-refractivity contribution < 1.29 is 19.1 Å². The smallest absolute Gasteiger partial charge is 0.340 e. The molecule has 2 fully saturated rings. The molecule has 39 heavy (non-hydrogen) atoms. The molecule has 1 N–H and O–H groups in total. The van der Waals surface area contributed by atoms with E-state index in [2.05, 4.69) is 31.2 Å². The zero-order valence-corrected chi connectivity index (χ0v) is 22.7. The van der Waals surface area contributed by atoms with E-state index in [4.69, 9.17) is 9.15 Å². The van der Waals surface area contributed by atoms with Crippen molar-refractivity contribution in [1.29, 1.82) is 0 Å². The first kappa shape index (κ1) is 25.6. The highest BCUT2D eigenvalue weighted by Gasteiger charge is 2.43. The second-order valence-electron chi connectivity index (χ2n) is 11.3. The molecule has 1 aliphatic carbocycles. The van der Waals surface area contributed by atoms with Gasteiger partial charge in [-0.3, -0.25) is 4.79 Å². The van der Waals surface area contributed by atoms with E-state index < -0.39 is 11.2 Å². The number of carbonyl (C=O) groups excluding carboxylic acids is 1. The Morgan fingerprint density at radius 2 is 1.90 bits per heavy atom. The van der Waals surface area contributed by atoms with Crippen LogP contribution in [0.4, 0.5) is 0 Å². The van der Waals surface area contributed by atoms with Crippen molar-refractivity contribution in [2.45, 2.75) is 64.6 Å². The van der Waals surface area contributed by atoms with Crippen molar-refractivity contribution in [2.75, 3.05) is 13.1 Å². The Hall–Kier alpha value is -3.64. The standard InChI is InChI=1S/C33H35NO5/c1-21-10-11-23-7-3-4-9-27(23)29(21)20-38-25-12-13-26-22(2)28(32(36)39-30(26)17-25)18-31(35)34-16-15-33(37)14-6-5-8-24(33)19-34/h3-4,7,9-13,17,24,37H,5-6,8,14-16,18-20H2,1-2H3/t24-,33-/m0/s1. The van der Waals surface area contributed by atoms with Crippen LogP contribution in [0, 0.1) is 19.8 Å². The third-order valence-corrected chi connectivity index (χ3v) is 9.03. The molecule has 2 aliphatic rings. The van der Waals surface area contributed by atoms with E-state index >= 15 is 0 Å². The van der Waals surface area contributed by atoms with Crippen LogP contribution >= 0.6 is 0 Å². The van der Waals surface area contributed by atoms with Gasteiger partial charge in [-0.05, 0) is 67.1 Å². The Morgan fingerprint density at radius 1 is 1.05 bits per heavy atom. The summed E-state index contributed by atoms with van der Waals surface area (Å²) in [6.07, 6.45) is 4.52. The highest BCUT2D eigenvalue weighted by atomic mass is 16.5. The number of aryl methyl sites for hydroxylation is 2. The molecule has 1 saturated carbocycles. The molecule has 3 aromatic carbocycles. The Morgan fingerprint density at radius 3 is 2.77 bits per heavy atom. The summed E-state index contributed by atoms with van der Waals surface area (Å²) < 4.78 is 11.9. The largest absolute Gasteiger partial charge is 0.489 e. The molecular weight excluding hydrogens is 490 g/mol. The number of carbonyl (C=O) groups is 1. The van der Waals surface area contributed by atoms with Gasteiger partial charge in [0.25, 0.3) is 0 Å². The van der Waals surface area contributed by atoms with Gasteiger partial charge >= 0.3 is 5.63 Å². The summed E-state index contributed by atoms with van der Waals surface area (Å²) >= 11 is 0. The number of hydrogen-bond donors (Lipinski definition) is 1. The molecule has 1 aromatic heterocycles. The summed E-state index contributed by atoms with van der Waals surface area (Å²) in [4.78, 5) is 28.1. The van der Waals surface area contributed by atoms with Crippen molar-refractivity contribution in [3.8, 4) is 5.75 Å². The van der Waals surface area contributed by atoms with Crippen molar-refractivity contribution in [3.05, 3.63) is 87.3 Å². The van der Waals surface area contributed by atoms with Crippen LogP contribution in [0.25, 0.3) is 21.7 Å². The molecule has 4 aromatic rings. The van der Waals surface area contributed by atoms with Gasteiger partial charge in [0.15, 0.2) is 0 Å². The van der Waals surface area contributed by atoms with Gasteiger partial charge in [-0.2, -0.15) is 0 Å². The van der Waals surface area contributed by atoms with Gasteiger partial charge in [-0.25, -0.2) is 4.79 Å². The maximum Gasteiger partial charge on any atom is 0.340 e. The molecule has 2 atom stereocenters. The van der Waals surface area contributed by atoms with Crippen LogP contribution < -0.4 is 10.4 Å². The summed E-state index contributed by atoms with van der Waals surface area (Å²) in [5.74, 6) is 0.659. The second kappa shape index (κ2) is 10.2. The lowest BCUT2D eigenvalue weighted by Gasteiger charge is -2.47. The monoisotopic (exact) mass is 525 g/mol. The number of aliphatic hydroxyl groups is 1. The van der Waals surface area contributed by atoms with Gasteiger partial charge in [0, 0.05) is 36.0 Å². The van der Waals surface area contributed by atoms with E-state index in [1.807, 2.05) is 36.1 Å². The first-order chi connectivity index (χ1) is 18.8. The van der Waals surface area contributed by atoms with Crippen LogP contribution in [0.2, 0.25) is 0 Å². The summed E-state index contributed by atoms with van der Waals surface area (Å²) in [7, 11) is 0. The quantitative estimate of drug-likeness (QED) is 0.331. The lowest BCUT2D eigenvalue weighted by atomic mass is 9.71. The second-order valence-corrected chi connectivity index (χ2v) is 11.3. The first-order valence-electron chi connectivity index (χ1n) is 14.0. The van der Waals surface area contributed by atoms with Crippen LogP contribution in [0.1, 0.15) is 54.4 Å². The number of likely N-dealkylation sites (tertiary alicyclic amines) is 1. The van der Waals surface area contributed by atoms with E-state index in [0.29, 0.717) is 43.0 Å². The van der Waals surface area contributed by atoms with E-state index in [1.54, 1.807) is 6.07 Å². The van der Waals surface area contributed by atoms with Crippen molar-refractivity contribution >= 4 is 27.6 Å². The Kier molecular flexibility index (Phi) is 6.67. The molecular formula is C33H35NO5. The van der Waals surface area contributed by atoms with E-state index in [-0.39, 0.29) is 18.2 Å². The Labute approximate surface area is 228 Å². The molecule has 6 nitrogen and oxygen atoms in total. The number of benzene rings is 3. The number of fused-ring (bicyclic) bond motifs is 3. The fraction of sp³-hybridized carbons (Fsp3) is 0.394. The third kappa shape index (κ3) is 4.82. The zero-order valence-electron chi connectivity index (χ0n) is 22.7. The number of nitrogens with zero attached hydrogens (tertiary/aromatic N) is 1. The first-order valence-corrected chi connectivity index (χ1v) is 14.0. The van der Waals surface area contributed by atoms with Gasteiger partial charge in [-0.1, -0.05) is 49.2 Å². The molecule has 6 rings (SSSR count). The van der Waals surface area contributed by atoms with E-state index in [1.165, 1.54) is 5.39 Å². The van der Waals surface area contributed by atoms with E-state index in [0.717, 1.165) is 53.1 Å². The average molecular weight is 526 g/mol. The van der Waals surface area contributed by atoms with Crippen molar-refractivity contribution in [2.24, 2.45) is 5.92 Å². The van der Waals surface area contributed by atoms with Gasteiger partial charge in [0.05, 0.1) is 17.6 Å². The predicted molar refractivity (Wildman–Crippen MR) is 152 cm³/mol. The zero-order chi connectivity index (χ0) is 27.1. The third-order valence-electron chi connectivity index (χ3n) is 9.03. The van der Waals surface area contributed by atoms with Crippen LogP contribution in [0.5, 0.6) is 5.75 Å². The minimum absolute atomic E-state index is 0.00780. The number of hydrogen-bond acceptors (Lipinski definition) is 5. The lowest BCUT2D eigenvalue weighted by molar-refractivity contribution is -0.142. The van der Waals surface area contributed by atoms with Gasteiger partial charge < -0.3 is 19.2 Å². The summed E-state index contributed by atoms with van der Waals surface area (Å²) in [5.41, 5.74) is 2.78. The van der Waals surface area contributed by atoms with Crippen LogP contribution in [0.3, 0.4) is 0 Å². The van der Waals surface area contributed by atoms with Crippen molar-refractivity contribution in [3.63, 3.8) is 0 Å². The Balaban J connectivity index is 1.20. The normalized spacial score (nSPS) is 21.2. The van der Waals surface area contributed by atoms with Gasteiger partial charge in [-0.15, -0.1) is 0 Å². The molecule has 1 amide bonds. The van der Waals surface area contributed by atoms with E-state index in [9.17, 15) is 14.7 Å². The summed E-state index contributed by atoms with van der Waals surface area (Å²) in [6.45, 7) is 5.44. The van der Waals surface area contributed by atoms with Crippen molar-refractivity contribution in [1.82, 2.24) is 4.90 Å². The van der Waals surface area contributed by atoms with Gasteiger partial charge in [0.2, 0.25) is 5.91 Å². The molecule has 1 aliphatic heterocycles. The molecule has 202 valence electrons. The number of ether oxygens (including phenoxy) is 1. The molecule has 0 spiro atoms. The fourth-order valence-electron chi connectivity index (χ4n) is 6.52. The maximum absolute atomic E-state index is 13.2. The SMILES string of the molecule is Cc1ccc2ccccc2c1COc1ccc2c(C)c(CC(=O)N3CC[C@@]4(O)CCCC[C@H]4C3)c(=O)oc2c1. The molecule has 1 saturated heterocycles. The van der Waals surface area contributed by atoms with Crippen LogP contribution in [0.15, 0.2) is 63.8 Å². The molecule has 0 bridgehead atoms. The fourth-order valence-corrected chi connectivity index (χ4v) is 6.52. The Bertz CT molecular complexity index is 1620. The van der Waals surface area contributed by atoms with Crippen LogP contribution in [-0.4, -0.2) is 34.6 Å². The summed E-state index contributed by atoms with van der Waals surface area (Å²) in [5, 5.41) is 14.1. The maximum atomic E-state index is 13.2. The molecule has 0 radical (unpaired) electrons. The van der Waals surface area contributed by atoms with Crippen LogP contribution in [-0.2, 0) is 17.8 Å². The number of piperidine rings is 1. The number of amides is 1. The molecule has 2 heterocycles. The summed E-state index contributed by atoms with van der Waals surface area (Å²) in [6, 6.07) is 18.0. The topological polar surface area (TPSA) is 80.0 Å². The highest BCUT2D eigenvalue weighted by Crippen LogP contribution is 2.40. The predicted octanol–water partition coefficient (Wildman–Crippen LogP) is 5.84. The minimum Gasteiger partial charge on any atom is -0.489 e. The van der Waals surface area contributed by atoms with Gasteiger partial charge in [0.1, 0.15) is 17.9 Å². The molecule has 6 heteroatoms. The minimum atomic E-state index is -0.640. The highest BCUT2D eigenvalue weighted by molar-refractivity contribution is 5.87. The average Bonchev–Trinajstić information content (AvgIpc) is 2.94. The molecule has 0 unspecified atom stereocenters. The number of rotatable bonds is 5. The lowest BCUT2D eigenvalue weighted by Crippen LogP contribution is -2.55.